The summed E-state index contributed by atoms with van der Waals surface area (Å²) in [6.45, 7) is 4.40. The van der Waals surface area contributed by atoms with Crippen molar-refractivity contribution in [1.82, 2.24) is 9.80 Å². The average Bonchev–Trinajstić information content (AvgIpc) is 2.96. The van der Waals surface area contributed by atoms with Crippen LogP contribution >= 0.6 is 0 Å². The van der Waals surface area contributed by atoms with Crippen molar-refractivity contribution in [1.29, 1.82) is 5.41 Å². The first-order valence-corrected chi connectivity index (χ1v) is 9.30. The van der Waals surface area contributed by atoms with Crippen molar-refractivity contribution >= 4 is 6.34 Å². The third-order valence-corrected chi connectivity index (χ3v) is 5.66. The van der Waals surface area contributed by atoms with Gasteiger partial charge in [0.25, 0.3) is 0 Å². The van der Waals surface area contributed by atoms with E-state index in [0.29, 0.717) is 5.92 Å². The van der Waals surface area contributed by atoms with E-state index >= 15 is 0 Å². The van der Waals surface area contributed by atoms with Crippen LogP contribution in [0.2, 0.25) is 0 Å². The fourth-order valence-electron chi connectivity index (χ4n) is 4.33. The Morgan fingerprint density at radius 1 is 0.962 bits per heavy atom. The number of nitrogens with one attached hydrogen (secondary N) is 1. The number of likely N-dealkylation sites (N-methyl/N-ethyl adjacent to an activating group) is 1. The normalized spacial score (nSPS) is 24.8. The lowest BCUT2D eigenvalue weighted by Crippen LogP contribution is -2.46. The summed E-state index contributed by atoms with van der Waals surface area (Å²) < 4.78 is 0. The molecule has 1 aliphatic heterocycles. The molecule has 2 aromatic rings. The largest absolute Gasteiger partial charge is 0.396 e. The summed E-state index contributed by atoms with van der Waals surface area (Å²) in [5.41, 5.74) is 2.43. The molecule has 0 aliphatic carbocycles. The predicted molar refractivity (Wildman–Crippen MR) is 106 cm³/mol. The smallest absolute Gasteiger partial charge is 0.0892 e. The molecule has 4 nitrogen and oxygen atoms in total. The van der Waals surface area contributed by atoms with Crippen LogP contribution in [0.25, 0.3) is 0 Å². The first kappa shape index (κ1) is 18.6. The van der Waals surface area contributed by atoms with Crippen LogP contribution in [0.15, 0.2) is 60.7 Å². The Bertz CT molecular complexity index is 704. The molecule has 138 valence electrons. The molecule has 1 aliphatic rings. The van der Waals surface area contributed by atoms with Gasteiger partial charge in [0.15, 0.2) is 0 Å². The van der Waals surface area contributed by atoms with Gasteiger partial charge in [-0.25, -0.2) is 0 Å². The Hall–Kier alpha value is -2.17. The number of hydrogen-bond acceptors (Lipinski definition) is 3. The highest BCUT2D eigenvalue weighted by Crippen LogP contribution is 2.47. The van der Waals surface area contributed by atoms with Gasteiger partial charge >= 0.3 is 0 Å². The summed E-state index contributed by atoms with van der Waals surface area (Å²) in [6.07, 6.45) is 1.43. The summed E-state index contributed by atoms with van der Waals surface area (Å²) >= 11 is 0. The average molecular weight is 351 g/mol. The Balaban J connectivity index is 2.12. The van der Waals surface area contributed by atoms with Crippen molar-refractivity contribution in [2.75, 3.05) is 13.7 Å². The molecule has 26 heavy (non-hydrogen) atoms. The number of rotatable bonds is 6. The summed E-state index contributed by atoms with van der Waals surface area (Å²) in [5.74, 6) is 0.391. The summed E-state index contributed by atoms with van der Waals surface area (Å²) in [7, 11) is 2.12. The van der Waals surface area contributed by atoms with Crippen LogP contribution in [-0.4, -0.2) is 41.1 Å². The molecule has 2 N–H and O–H groups in total. The highest BCUT2D eigenvalue weighted by atomic mass is 16.3. The molecule has 1 heterocycles. The fourth-order valence-corrected chi connectivity index (χ4v) is 4.33. The van der Waals surface area contributed by atoms with Gasteiger partial charge in [-0.1, -0.05) is 74.5 Å². The molecule has 1 fully saturated rings. The second kappa shape index (κ2) is 8.02. The fraction of sp³-hybridized carbons (Fsp3) is 0.409. The molecular weight excluding hydrogens is 322 g/mol. The van der Waals surface area contributed by atoms with E-state index in [1.807, 2.05) is 12.1 Å². The van der Waals surface area contributed by atoms with E-state index in [2.05, 4.69) is 79.2 Å². The lowest BCUT2D eigenvalue weighted by Gasteiger charge is -2.36. The Kier molecular flexibility index (Phi) is 5.74. The van der Waals surface area contributed by atoms with E-state index in [0.717, 1.165) is 0 Å². The molecule has 0 aromatic heterocycles. The second-order valence-electron chi connectivity index (χ2n) is 7.46. The minimum Gasteiger partial charge on any atom is -0.396 e. The molecule has 4 heteroatoms. The third-order valence-electron chi connectivity index (χ3n) is 5.66. The van der Waals surface area contributed by atoms with Gasteiger partial charge in [0.1, 0.15) is 0 Å². The Morgan fingerprint density at radius 3 is 1.88 bits per heavy atom. The van der Waals surface area contributed by atoms with E-state index in [4.69, 9.17) is 5.41 Å². The lowest BCUT2D eigenvalue weighted by molar-refractivity contribution is 0.0538. The SMILES string of the molecule is CC(C)[C@H](CO)C1N(C)[C@@H](c2ccccc2)[C@H](c2ccccc2)N1C=N. The van der Waals surface area contributed by atoms with Crippen LogP contribution in [-0.2, 0) is 0 Å². The molecule has 0 bridgehead atoms. The summed E-state index contributed by atoms with van der Waals surface area (Å²) in [4.78, 5) is 4.45. The molecule has 0 saturated carbocycles. The molecule has 3 rings (SSSR count). The molecule has 1 unspecified atom stereocenters. The highest BCUT2D eigenvalue weighted by molar-refractivity contribution is 5.55. The van der Waals surface area contributed by atoms with Gasteiger partial charge in [-0.3, -0.25) is 10.3 Å². The maximum Gasteiger partial charge on any atom is 0.0892 e. The maximum atomic E-state index is 10.1. The highest BCUT2D eigenvalue weighted by Gasteiger charge is 2.48. The number of aliphatic hydroxyl groups excluding tert-OH is 1. The summed E-state index contributed by atoms with van der Waals surface area (Å²) in [6, 6.07) is 21.1. The van der Waals surface area contributed by atoms with Gasteiger partial charge in [0.05, 0.1) is 24.6 Å². The van der Waals surface area contributed by atoms with Crippen LogP contribution in [0.1, 0.15) is 37.1 Å². The van der Waals surface area contributed by atoms with E-state index in [1.54, 1.807) is 0 Å². The number of nitrogens with zero attached hydrogens (tertiary/aromatic N) is 2. The van der Waals surface area contributed by atoms with Crippen LogP contribution in [0, 0.1) is 17.2 Å². The van der Waals surface area contributed by atoms with Crippen LogP contribution in [0.5, 0.6) is 0 Å². The lowest BCUT2D eigenvalue weighted by atomic mass is 9.92. The maximum absolute atomic E-state index is 10.1. The molecule has 2 aromatic carbocycles. The number of hydrogen-bond donors (Lipinski definition) is 2. The second-order valence-corrected chi connectivity index (χ2v) is 7.46. The van der Waals surface area contributed by atoms with Crippen molar-refractivity contribution < 1.29 is 5.11 Å². The minimum absolute atomic E-state index is 0.0205. The van der Waals surface area contributed by atoms with Gasteiger partial charge in [-0.05, 0) is 24.1 Å². The third kappa shape index (κ3) is 3.27. The molecule has 0 radical (unpaired) electrons. The van der Waals surface area contributed by atoms with E-state index < -0.39 is 0 Å². The van der Waals surface area contributed by atoms with Crippen LogP contribution < -0.4 is 0 Å². The van der Waals surface area contributed by atoms with Gasteiger partial charge < -0.3 is 10.0 Å². The first-order valence-electron chi connectivity index (χ1n) is 9.30. The van der Waals surface area contributed by atoms with Crippen molar-refractivity contribution in [2.45, 2.75) is 32.1 Å². The summed E-state index contributed by atoms with van der Waals surface area (Å²) in [5, 5.41) is 18.2. The minimum atomic E-state index is -0.0205. The van der Waals surface area contributed by atoms with Gasteiger partial charge in [0, 0.05) is 12.5 Å². The Morgan fingerprint density at radius 2 is 1.46 bits per heavy atom. The quantitative estimate of drug-likeness (QED) is 0.613. The number of aliphatic hydroxyl groups is 1. The van der Waals surface area contributed by atoms with Crippen molar-refractivity contribution in [3.05, 3.63) is 71.8 Å². The molecular formula is C22H29N3O. The zero-order valence-electron chi connectivity index (χ0n) is 15.8. The zero-order valence-corrected chi connectivity index (χ0v) is 15.8. The molecule has 1 saturated heterocycles. The Labute approximate surface area is 156 Å². The van der Waals surface area contributed by atoms with Crippen LogP contribution in [0.4, 0.5) is 0 Å². The first-order chi connectivity index (χ1) is 12.6. The van der Waals surface area contributed by atoms with Gasteiger partial charge in [-0.2, -0.15) is 0 Å². The van der Waals surface area contributed by atoms with Crippen molar-refractivity contribution in [3.63, 3.8) is 0 Å². The molecule has 0 amide bonds. The van der Waals surface area contributed by atoms with Gasteiger partial charge in [0.2, 0.25) is 0 Å². The van der Waals surface area contributed by atoms with Crippen molar-refractivity contribution in [3.8, 4) is 0 Å². The number of benzene rings is 2. The van der Waals surface area contributed by atoms with E-state index in [-0.39, 0.29) is 30.8 Å². The van der Waals surface area contributed by atoms with E-state index in [1.165, 1.54) is 17.5 Å². The zero-order chi connectivity index (χ0) is 18.7. The van der Waals surface area contributed by atoms with E-state index in [9.17, 15) is 5.11 Å². The monoisotopic (exact) mass is 351 g/mol. The predicted octanol–water partition coefficient (Wildman–Crippen LogP) is 3.91. The van der Waals surface area contributed by atoms with Gasteiger partial charge in [-0.15, -0.1) is 0 Å². The van der Waals surface area contributed by atoms with Crippen molar-refractivity contribution in [2.24, 2.45) is 11.8 Å². The topological polar surface area (TPSA) is 50.6 Å². The molecule has 0 spiro atoms. The standard InChI is InChI=1S/C22H29N3O/c1-16(2)19(14-26)22-24(3)20(17-10-6-4-7-11-17)21(25(22)15-23)18-12-8-5-9-13-18/h4-13,15-16,19-23,26H,14H2,1-3H3/t19-,20-,21-,22?/m0/s1. The van der Waals surface area contributed by atoms with Crippen LogP contribution in [0.3, 0.4) is 0 Å². The molecule has 4 atom stereocenters.